The van der Waals surface area contributed by atoms with Crippen molar-refractivity contribution in [1.82, 2.24) is 0 Å². The lowest BCUT2D eigenvalue weighted by Gasteiger charge is -2.04. The molecule has 0 N–H and O–H groups in total. The Kier molecular flexibility index (Phi) is 3.16. The lowest BCUT2D eigenvalue weighted by molar-refractivity contribution is 0.670. The smallest absolute Gasteiger partial charge is 0.143 e. The van der Waals surface area contributed by atoms with E-state index in [9.17, 15) is 0 Å². The van der Waals surface area contributed by atoms with Gasteiger partial charge in [0.25, 0.3) is 0 Å². The van der Waals surface area contributed by atoms with Crippen molar-refractivity contribution in [3.63, 3.8) is 0 Å². The van der Waals surface area contributed by atoms with E-state index in [-0.39, 0.29) is 0 Å². The fraction of sp³-hybridized carbons (Fsp3) is 0. The fourth-order valence-corrected chi connectivity index (χ4v) is 5.48. The maximum Gasteiger partial charge on any atom is 0.143 e. The summed E-state index contributed by atoms with van der Waals surface area (Å²) in [5.41, 5.74) is 4.17. The van der Waals surface area contributed by atoms with Crippen LogP contribution >= 0.6 is 22.9 Å². The van der Waals surface area contributed by atoms with Crippen LogP contribution in [-0.4, -0.2) is 0 Å². The quantitative estimate of drug-likeness (QED) is 0.278. The van der Waals surface area contributed by atoms with Crippen LogP contribution in [0.15, 0.2) is 83.3 Å². The highest BCUT2D eigenvalue weighted by molar-refractivity contribution is 7.27. The van der Waals surface area contributed by atoms with Crippen LogP contribution in [-0.2, 0) is 0 Å². The molecule has 0 bridgehead atoms. The average molecular weight is 385 g/mol. The molecule has 6 aromatic rings. The van der Waals surface area contributed by atoms with Gasteiger partial charge in [-0.25, -0.2) is 0 Å². The van der Waals surface area contributed by atoms with Gasteiger partial charge in [-0.15, -0.1) is 11.3 Å². The molecule has 0 radical (unpaired) electrons. The van der Waals surface area contributed by atoms with Gasteiger partial charge in [0.05, 0.1) is 9.72 Å². The molecular weight excluding hydrogens is 372 g/mol. The summed E-state index contributed by atoms with van der Waals surface area (Å²) in [5, 5.41) is 5.56. The predicted octanol–water partition coefficient (Wildman–Crippen LogP) is 8.27. The summed E-state index contributed by atoms with van der Waals surface area (Å²) in [7, 11) is 0. The van der Waals surface area contributed by atoms with Crippen LogP contribution in [0.4, 0.5) is 0 Å². The van der Waals surface area contributed by atoms with Crippen molar-refractivity contribution in [3.05, 3.63) is 83.9 Å². The Labute approximate surface area is 164 Å². The molecule has 0 aliphatic carbocycles. The maximum absolute atomic E-state index is 6.47. The van der Waals surface area contributed by atoms with Crippen molar-refractivity contribution in [2.24, 2.45) is 0 Å². The van der Waals surface area contributed by atoms with Gasteiger partial charge in [-0.05, 0) is 12.1 Å². The summed E-state index contributed by atoms with van der Waals surface area (Å²) in [4.78, 5) is 0. The van der Waals surface area contributed by atoms with E-state index in [4.69, 9.17) is 16.0 Å². The van der Waals surface area contributed by atoms with Gasteiger partial charge in [0, 0.05) is 37.4 Å². The van der Waals surface area contributed by atoms with E-state index >= 15 is 0 Å². The number of rotatable bonds is 1. The summed E-state index contributed by atoms with van der Waals surface area (Å²) < 4.78 is 8.64. The monoisotopic (exact) mass is 384 g/mol. The van der Waals surface area contributed by atoms with E-state index in [1.165, 1.54) is 21.0 Å². The van der Waals surface area contributed by atoms with Crippen molar-refractivity contribution >= 4 is 65.0 Å². The first-order chi connectivity index (χ1) is 13.3. The lowest BCUT2D eigenvalue weighted by Crippen LogP contribution is -1.79. The molecule has 0 atom stereocenters. The third-order valence-electron chi connectivity index (χ3n) is 5.17. The third kappa shape index (κ3) is 2.11. The number of benzene rings is 4. The zero-order valence-electron chi connectivity index (χ0n) is 14.2. The minimum absolute atomic E-state index is 0.807. The van der Waals surface area contributed by atoms with E-state index < -0.39 is 0 Å². The number of hydrogen-bond donors (Lipinski definition) is 0. The summed E-state index contributed by atoms with van der Waals surface area (Å²) in [6.45, 7) is 0. The number of halogens is 1. The molecule has 0 aliphatic rings. The Balaban J connectivity index is 1.76. The Morgan fingerprint density at radius 3 is 2.15 bits per heavy atom. The Hall–Kier alpha value is -2.81. The second kappa shape index (κ2) is 5.59. The maximum atomic E-state index is 6.47. The number of hydrogen-bond acceptors (Lipinski definition) is 2. The second-order valence-electron chi connectivity index (χ2n) is 6.68. The summed E-state index contributed by atoms with van der Waals surface area (Å²) >= 11 is 8.22. The zero-order valence-corrected chi connectivity index (χ0v) is 15.8. The minimum atomic E-state index is 0.807. The number of thiophene rings is 1. The molecular formula is C24H13ClOS. The molecule has 0 amide bonds. The van der Waals surface area contributed by atoms with E-state index in [1.807, 2.05) is 24.3 Å². The average Bonchev–Trinajstić information content (AvgIpc) is 3.27. The Bertz CT molecular complexity index is 1490. The normalized spacial score (nSPS) is 11.9. The number of furan rings is 1. The fourth-order valence-electron chi connectivity index (χ4n) is 3.96. The predicted molar refractivity (Wildman–Crippen MR) is 117 cm³/mol. The van der Waals surface area contributed by atoms with Gasteiger partial charge in [0.15, 0.2) is 0 Å². The first-order valence-electron chi connectivity index (χ1n) is 8.81. The lowest BCUT2D eigenvalue weighted by atomic mass is 10.0. The molecule has 27 heavy (non-hydrogen) atoms. The van der Waals surface area contributed by atoms with Crippen molar-refractivity contribution in [2.45, 2.75) is 0 Å². The molecule has 0 unspecified atom stereocenters. The van der Waals surface area contributed by atoms with E-state index in [0.29, 0.717) is 0 Å². The topological polar surface area (TPSA) is 13.1 Å². The largest absolute Gasteiger partial charge is 0.455 e. The molecule has 0 saturated heterocycles. The molecule has 6 rings (SSSR count). The molecule has 0 fully saturated rings. The molecule has 3 heteroatoms. The van der Waals surface area contributed by atoms with Crippen molar-refractivity contribution < 1.29 is 4.42 Å². The summed E-state index contributed by atoms with van der Waals surface area (Å²) in [5.74, 6) is 0. The first-order valence-corrected chi connectivity index (χ1v) is 10.0. The van der Waals surface area contributed by atoms with Gasteiger partial charge in [0.1, 0.15) is 11.2 Å². The van der Waals surface area contributed by atoms with Gasteiger partial charge in [-0.1, -0.05) is 78.3 Å². The SMILES string of the molecule is Clc1cccc2c1sc1c(-c3cccc4c3oc3ccccc34)cccc12. The third-order valence-corrected chi connectivity index (χ3v) is 6.89. The first kappa shape index (κ1) is 15.3. The van der Waals surface area contributed by atoms with Gasteiger partial charge < -0.3 is 4.42 Å². The molecule has 1 nitrogen and oxygen atoms in total. The standard InChI is InChI=1S/C24H13ClOS/c25-20-12-5-11-19-18-10-4-9-17(23(18)27-24(19)20)16-8-3-7-15-14-6-1-2-13-21(14)26-22(15)16/h1-13H. The second-order valence-corrected chi connectivity index (χ2v) is 8.11. The van der Waals surface area contributed by atoms with E-state index in [0.717, 1.165) is 37.2 Å². The van der Waals surface area contributed by atoms with Crippen molar-refractivity contribution in [3.8, 4) is 11.1 Å². The van der Waals surface area contributed by atoms with Crippen LogP contribution < -0.4 is 0 Å². The Morgan fingerprint density at radius 2 is 1.26 bits per heavy atom. The zero-order chi connectivity index (χ0) is 18.0. The highest BCUT2D eigenvalue weighted by Gasteiger charge is 2.16. The molecule has 0 saturated carbocycles. The summed E-state index contributed by atoms with van der Waals surface area (Å²) in [6.07, 6.45) is 0. The van der Waals surface area contributed by atoms with Crippen molar-refractivity contribution in [2.75, 3.05) is 0 Å². The molecule has 2 heterocycles. The molecule has 2 aromatic heterocycles. The molecule has 128 valence electrons. The molecule has 0 spiro atoms. The van der Waals surface area contributed by atoms with Crippen LogP contribution in [0.3, 0.4) is 0 Å². The van der Waals surface area contributed by atoms with Crippen LogP contribution in [0.25, 0.3) is 53.2 Å². The van der Waals surface area contributed by atoms with Gasteiger partial charge in [-0.2, -0.15) is 0 Å². The van der Waals surface area contributed by atoms with Crippen LogP contribution in [0.5, 0.6) is 0 Å². The minimum Gasteiger partial charge on any atom is -0.455 e. The van der Waals surface area contributed by atoms with Gasteiger partial charge >= 0.3 is 0 Å². The van der Waals surface area contributed by atoms with Crippen LogP contribution in [0, 0.1) is 0 Å². The van der Waals surface area contributed by atoms with Gasteiger partial charge in [0.2, 0.25) is 0 Å². The van der Waals surface area contributed by atoms with E-state index in [2.05, 4.69) is 54.6 Å². The number of para-hydroxylation sites is 2. The summed E-state index contributed by atoms with van der Waals surface area (Å²) in [6, 6.07) is 27.2. The molecule has 4 aromatic carbocycles. The molecule has 0 aliphatic heterocycles. The number of fused-ring (bicyclic) bond motifs is 6. The van der Waals surface area contributed by atoms with Gasteiger partial charge in [-0.3, -0.25) is 0 Å². The van der Waals surface area contributed by atoms with E-state index in [1.54, 1.807) is 11.3 Å². The van der Waals surface area contributed by atoms with Crippen LogP contribution in [0.2, 0.25) is 5.02 Å². The highest BCUT2D eigenvalue weighted by Crippen LogP contribution is 2.44. The Morgan fingerprint density at radius 1 is 0.593 bits per heavy atom. The van der Waals surface area contributed by atoms with Crippen LogP contribution in [0.1, 0.15) is 0 Å². The highest BCUT2D eigenvalue weighted by atomic mass is 35.5. The van der Waals surface area contributed by atoms with Crippen molar-refractivity contribution in [1.29, 1.82) is 0 Å².